The number of rotatable bonds is 8. The highest BCUT2D eigenvalue weighted by Crippen LogP contribution is 2.45. The molecule has 0 spiro atoms. The van der Waals surface area contributed by atoms with E-state index in [1.807, 2.05) is 20.0 Å². The summed E-state index contributed by atoms with van der Waals surface area (Å²) in [7, 11) is -3.86. The minimum atomic E-state index is -3.86. The van der Waals surface area contributed by atoms with Crippen molar-refractivity contribution in [3.05, 3.63) is 54.1 Å². The number of hydrogen-bond donors (Lipinski definition) is 3. The molecule has 272 valence electrons. The molecule has 2 aromatic heterocycles. The van der Waals surface area contributed by atoms with Crippen LogP contribution in [0.5, 0.6) is 5.88 Å². The van der Waals surface area contributed by atoms with Crippen LogP contribution in [-0.2, 0) is 43.7 Å². The Hall–Kier alpha value is -4.53. The van der Waals surface area contributed by atoms with Gasteiger partial charge < -0.3 is 24.7 Å². The number of carbonyl (C=O) groups is 3. The molecule has 3 aromatic rings. The maximum atomic E-state index is 14.4. The third-order valence-electron chi connectivity index (χ3n) is 10.5. The lowest BCUT2D eigenvalue weighted by Gasteiger charge is -2.30. The first-order chi connectivity index (χ1) is 24.4. The minimum absolute atomic E-state index is 0.0649. The van der Waals surface area contributed by atoms with Crippen molar-refractivity contribution >= 4 is 44.5 Å². The molecule has 14 nitrogen and oxygen atoms in total. The zero-order valence-electron chi connectivity index (χ0n) is 29.2. The van der Waals surface area contributed by atoms with Crippen LogP contribution in [0.3, 0.4) is 0 Å². The number of anilines is 1. The molecule has 2 aliphatic carbocycles. The van der Waals surface area contributed by atoms with Gasteiger partial charge in [0.05, 0.1) is 11.8 Å². The summed E-state index contributed by atoms with van der Waals surface area (Å²) < 4.78 is 40.0. The van der Waals surface area contributed by atoms with E-state index in [0.717, 1.165) is 47.6 Å². The molecule has 51 heavy (non-hydrogen) atoms. The molecule has 0 unspecified atom stereocenters. The van der Waals surface area contributed by atoms with E-state index >= 15 is 0 Å². The second-order valence-electron chi connectivity index (χ2n) is 14.6. The molecule has 3 amide bonds. The van der Waals surface area contributed by atoms with Gasteiger partial charge in [-0.15, -0.1) is 11.7 Å². The predicted octanol–water partition coefficient (Wildman–Crippen LogP) is 3.21. The fraction of sp³-hybridized carbons (Fsp3) is 0.556. The zero-order chi connectivity index (χ0) is 36.1. The molecular weight excluding hydrogens is 675 g/mol. The number of nitrogens with one attached hydrogen (secondary N) is 3. The van der Waals surface area contributed by atoms with Gasteiger partial charge in [0, 0.05) is 30.3 Å². The van der Waals surface area contributed by atoms with Crippen LogP contribution in [0, 0.1) is 11.8 Å². The van der Waals surface area contributed by atoms with Crippen molar-refractivity contribution in [3.63, 3.8) is 0 Å². The van der Waals surface area contributed by atoms with Gasteiger partial charge in [0.25, 0.3) is 5.91 Å². The van der Waals surface area contributed by atoms with Crippen molar-refractivity contribution in [1.82, 2.24) is 30.1 Å². The molecule has 0 radical (unpaired) electrons. The second kappa shape index (κ2) is 13.5. The van der Waals surface area contributed by atoms with Crippen molar-refractivity contribution in [2.24, 2.45) is 11.8 Å². The number of carbonyl (C=O) groups excluding carboxylic acids is 3. The normalized spacial score (nSPS) is 26.6. The van der Waals surface area contributed by atoms with Gasteiger partial charge in [0.15, 0.2) is 0 Å². The van der Waals surface area contributed by atoms with E-state index in [2.05, 4.69) is 57.3 Å². The molecule has 3 N–H and O–H groups in total. The third-order valence-corrected chi connectivity index (χ3v) is 12.4. The first kappa shape index (κ1) is 34.9. The molecule has 4 heterocycles. The Labute approximate surface area is 297 Å². The van der Waals surface area contributed by atoms with Crippen molar-refractivity contribution in [3.8, 4) is 5.88 Å². The van der Waals surface area contributed by atoms with Crippen LogP contribution < -0.4 is 20.1 Å². The highest BCUT2D eigenvalue weighted by Gasteiger charge is 2.62. The van der Waals surface area contributed by atoms with Crippen LogP contribution in [0.4, 0.5) is 6.01 Å². The van der Waals surface area contributed by atoms with Crippen LogP contribution in [-0.4, -0.2) is 81.7 Å². The SMILES string of the molecule is C=C[C@@H]1C[C@]1(NC(=O)[C@@H]1C[C@@H]2CN1C(=O)[C@H](C(C)C)Nc1nnc(o1)CCCCc1ccc3c(CC)cnc(c3c1)O2)C(=O)NS(=O)(=O)C1CC1. The lowest BCUT2D eigenvalue weighted by Crippen LogP contribution is -2.58. The Morgan fingerprint density at radius 2 is 1.96 bits per heavy atom. The summed E-state index contributed by atoms with van der Waals surface area (Å²) >= 11 is 0. The predicted molar refractivity (Wildman–Crippen MR) is 188 cm³/mol. The van der Waals surface area contributed by atoms with Crippen molar-refractivity contribution in [1.29, 1.82) is 0 Å². The maximum absolute atomic E-state index is 14.4. The summed E-state index contributed by atoms with van der Waals surface area (Å²) in [4.78, 5) is 48.4. The Morgan fingerprint density at radius 1 is 1.18 bits per heavy atom. The number of hydrogen-bond acceptors (Lipinski definition) is 11. The number of pyridine rings is 1. The van der Waals surface area contributed by atoms with Crippen LogP contribution >= 0.6 is 0 Å². The van der Waals surface area contributed by atoms with Crippen LogP contribution in [0.15, 0.2) is 41.5 Å². The minimum Gasteiger partial charge on any atom is -0.472 e. The van der Waals surface area contributed by atoms with E-state index in [1.165, 1.54) is 11.0 Å². The smallest absolute Gasteiger partial charge is 0.316 e. The fourth-order valence-electron chi connectivity index (χ4n) is 7.25. The summed E-state index contributed by atoms with van der Waals surface area (Å²) in [6.45, 7) is 9.68. The number of amides is 3. The standard InChI is InChI=1S/C36H45N7O7S/c1-5-22-18-37-32-27-15-21(11-14-26(22)27)9-7-8-10-29-40-41-35(50-29)38-30(20(3)4)33(45)43-19-24(49-32)16-28(43)31(44)39-36(17-23(36)6-2)34(46)42-51(47,48)25-12-13-25/h6,11,14-15,18,20,23-25,28,30H,2,5,7-10,12-13,16-17,19H2,1,3-4H3,(H,38,41)(H,39,44)(H,42,46)/t23-,24-,28+,30+,36-/m1/s1. The van der Waals surface area contributed by atoms with E-state index in [1.54, 1.807) is 0 Å². The maximum Gasteiger partial charge on any atom is 0.316 e. The van der Waals surface area contributed by atoms with Gasteiger partial charge in [-0.2, -0.15) is 0 Å². The van der Waals surface area contributed by atoms with E-state index in [4.69, 9.17) is 14.1 Å². The third kappa shape index (κ3) is 6.91. The van der Waals surface area contributed by atoms with Crippen molar-refractivity contribution in [2.45, 2.75) is 108 Å². The monoisotopic (exact) mass is 719 g/mol. The molecule has 2 aliphatic heterocycles. The second-order valence-corrected chi connectivity index (χ2v) is 16.5. The molecule has 6 bridgehead atoms. The topological polar surface area (TPSA) is 186 Å². The van der Waals surface area contributed by atoms with Gasteiger partial charge in [0.2, 0.25) is 33.6 Å². The first-order valence-corrected chi connectivity index (χ1v) is 19.4. The quantitative estimate of drug-likeness (QED) is 0.291. The van der Waals surface area contributed by atoms with Gasteiger partial charge >= 0.3 is 6.01 Å². The van der Waals surface area contributed by atoms with E-state index in [0.29, 0.717) is 31.0 Å². The Bertz CT molecular complexity index is 1980. The summed E-state index contributed by atoms with van der Waals surface area (Å²) in [5.74, 6) is -1.61. The van der Waals surface area contributed by atoms with Crippen LogP contribution in [0.2, 0.25) is 0 Å². The summed E-state index contributed by atoms with van der Waals surface area (Å²) in [5, 5.41) is 15.6. The summed E-state index contributed by atoms with van der Waals surface area (Å²) in [6.07, 6.45) is 7.91. The Balaban J connectivity index is 1.23. The lowest BCUT2D eigenvalue weighted by atomic mass is 10.00. The molecule has 2 saturated carbocycles. The number of ether oxygens (including phenoxy) is 1. The number of benzene rings is 1. The van der Waals surface area contributed by atoms with Gasteiger partial charge in [-0.1, -0.05) is 44.1 Å². The largest absolute Gasteiger partial charge is 0.472 e. The number of fused-ring (bicyclic) bond motifs is 5. The lowest BCUT2D eigenvalue weighted by molar-refractivity contribution is -0.140. The van der Waals surface area contributed by atoms with Gasteiger partial charge in [-0.3, -0.25) is 19.1 Å². The molecule has 3 fully saturated rings. The molecule has 15 heteroatoms. The molecule has 7 rings (SSSR count). The number of nitrogens with zero attached hydrogens (tertiary/aromatic N) is 4. The Kier molecular flexibility index (Phi) is 9.27. The van der Waals surface area contributed by atoms with Gasteiger partial charge in [0.1, 0.15) is 23.7 Å². The van der Waals surface area contributed by atoms with Gasteiger partial charge in [-0.25, -0.2) is 13.4 Å². The average Bonchev–Trinajstić information content (AvgIpc) is 4.00. The number of aryl methyl sites for hydroxylation is 3. The van der Waals surface area contributed by atoms with E-state index < -0.39 is 56.7 Å². The molecular formula is C36H45N7O7S. The fourth-order valence-corrected chi connectivity index (χ4v) is 8.61. The summed E-state index contributed by atoms with van der Waals surface area (Å²) in [6, 6.07) is 4.56. The number of aromatic nitrogens is 3. The van der Waals surface area contributed by atoms with E-state index in [-0.39, 0.29) is 37.2 Å². The molecule has 4 aliphatic rings. The highest BCUT2D eigenvalue weighted by molar-refractivity contribution is 7.91. The van der Waals surface area contributed by atoms with E-state index in [9.17, 15) is 22.8 Å². The molecule has 1 saturated heterocycles. The van der Waals surface area contributed by atoms with Gasteiger partial charge in [-0.05, 0) is 73.4 Å². The molecule has 1 aromatic carbocycles. The Morgan fingerprint density at radius 3 is 2.67 bits per heavy atom. The zero-order valence-corrected chi connectivity index (χ0v) is 30.0. The van der Waals surface area contributed by atoms with Crippen LogP contribution in [0.25, 0.3) is 10.8 Å². The number of sulfonamides is 1. The highest BCUT2D eigenvalue weighted by atomic mass is 32.2. The first-order valence-electron chi connectivity index (χ1n) is 17.9. The van der Waals surface area contributed by atoms with Crippen LogP contribution in [0.1, 0.15) is 76.3 Å². The molecule has 5 atom stereocenters. The summed E-state index contributed by atoms with van der Waals surface area (Å²) in [5.41, 5.74) is 0.712. The average molecular weight is 720 g/mol. The van der Waals surface area contributed by atoms with Crippen molar-refractivity contribution < 1.29 is 32.0 Å². The van der Waals surface area contributed by atoms with Crippen molar-refractivity contribution in [2.75, 3.05) is 11.9 Å².